The van der Waals surface area contributed by atoms with Gasteiger partial charge in [0.05, 0.1) is 17.1 Å². The number of rotatable bonds is 3. The monoisotopic (exact) mass is 316 g/mol. The van der Waals surface area contributed by atoms with Gasteiger partial charge >= 0.3 is 0 Å². The molecule has 0 saturated carbocycles. The highest BCUT2D eigenvalue weighted by molar-refractivity contribution is 5.80. The van der Waals surface area contributed by atoms with E-state index in [1.54, 1.807) is 24.3 Å². The fourth-order valence-electron chi connectivity index (χ4n) is 2.48. The molecule has 4 aromatic rings. The van der Waals surface area contributed by atoms with Gasteiger partial charge in [-0.2, -0.15) is 10.2 Å². The topological polar surface area (TPSA) is 93.4 Å². The van der Waals surface area contributed by atoms with E-state index in [2.05, 4.69) is 26.5 Å². The molecule has 4 rings (SSSR count). The van der Waals surface area contributed by atoms with Crippen LogP contribution < -0.4 is 0 Å². The summed E-state index contributed by atoms with van der Waals surface area (Å²) in [5.74, 6) is 0.914. The van der Waals surface area contributed by atoms with E-state index < -0.39 is 0 Å². The Kier molecular flexibility index (Phi) is 3.28. The maximum atomic E-state index is 8.85. The first-order valence-electron chi connectivity index (χ1n) is 7.46. The highest BCUT2D eigenvalue weighted by atomic mass is 16.5. The molecule has 0 unspecified atom stereocenters. The van der Waals surface area contributed by atoms with Gasteiger partial charge in [0.1, 0.15) is 5.52 Å². The van der Waals surface area contributed by atoms with Crippen LogP contribution in [0.5, 0.6) is 0 Å². The van der Waals surface area contributed by atoms with E-state index in [0.29, 0.717) is 17.3 Å². The number of fused-ring (bicyclic) bond motifs is 1. The average molecular weight is 316 g/mol. The van der Waals surface area contributed by atoms with Gasteiger partial charge in [-0.15, -0.1) is 5.10 Å². The normalized spacial score (nSPS) is 10.8. The summed E-state index contributed by atoms with van der Waals surface area (Å²) in [4.78, 5) is 4.44. The highest BCUT2D eigenvalue weighted by Crippen LogP contribution is 2.24. The zero-order chi connectivity index (χ0) is 16.5. The Balaban J connectivity index is 1.72. The molecular formula is C17H12N6O. The highest BCUT2D eigenvalue weighted by Gasteiger charge is 2.12. The van der Waals surface area contributed by atoms with E-state index >= 15 is 0 Å². The molecule has 0 saturated heterocycles. The van der Waals surface area contributed by atoms with Crippen LogP contribution in [0.4, 0.5) is 0 Å². The minimum atomic E-state index is 0.414. The molecule has 0 N–H and O–H groups in total. The van der Waals surface area contributed by atoms with Crippen molar-refractivity contribution in [2.75, 3.05) is 0 Å². The van der Waals surface area contributed by atoms with Crippen LogP contribution in [0.3, 0.4) is 0 Å². The fraction of sp³-hybridized carbons (Fsp3) is 0.118. The fourth-order valence-corrected chi connectivity index (χ4v) is 2.48. The van der Waals surface area contributed by atoms with Crippen LogP contribution in [-0.4, -0.2) is 25.1 Å². The number of nitrogens with zero attached hydrogens (tertiary/aromatic N) is 6. The lowest BCUT2D eigenvalue weighted by Crippen LogP contribution is -1.96. The average Bonchev–Trinajstić information content (AvgIpc) is 3.28. The molecule has 7 nitrogen and oxygen atoms in total. The molecule has 0 atom stereocenters. The Bertz CT molecular complexity index is 1050. The molecule has 0 fully saturated rings. The van der Waals surface area contributed by atoms with E-state index in [9.17, 15) is 0 Å². The van der Waals surface area contributed by atoms with Gasteiger partial charge in [-0.25, -0.2) is 4.68 Å². The van der Waals surface area contributed by atoms with Crippen molar-refractivity contribution in [3.8, 4) is 28.9 Å². The van der Waals surface area contributed by atoms with Crippen LogP contribution >= 0.6 is 0 Å². The Morgan fingerprint density at radius 2 is 1.92 bits per heavy atom. The summed E-state index contributed by atoms with van der Waals surface area (Å²) >= 11 is 0. The molecule has 0 radical (unpaired) electrons. The number of hydrogen-bond donors (Lipinski definition) is 0. The molecule has 0 bridgehead atoms. The predicted molar refractivity (Wildman–Crippen MR) is 86.6 cm³/mol. The van der Waals surface area contributed by atoms with Gasteiger partial charge in [0, 0.05) is 17.7 Å². The van der Waals surface area contributed by atoms with E-state index in [4.69, 9.17) is 9.78 Å². The second kappa shape index (κ2) is 5.59. The van der Waals surface area contributed by atoms with Crippen molar-refractivity contribution in [2.45, 2.75) is 13.5 Å². The molecule has 0 aliphatic rings. The van der Waals surface area contributed by atoms with Gasteiger partial charge in [0.15, 0.2) is 0 Å². The molecule has 24 heavy (non-hydrogen) atoms. The van der Waals surface area contributed by atoms with Gasteiger partial charge < -0.3 is 4.52 Å². The third-order valence-electron chi connectivity index (χ3n) is 3.76. The van der Waals surface area contributed by atoms with Crippen molar-refractivity contribution in [1.82, 2.24) is 25.1 Å². The molecule has 0 amide bonds. The summed E-state index contributed by atoms with van der Waals surface area (Å²) in [6.45, 7) is 2.75. The van der Waals surface area contributed by atoms with Gasteiger partial charge in [-0.1, -0.05) is 10.4 Å². The summed E-state index contributed by atoms with van der Waals surface area (Å²) in [6.07, 6.45) is 0. The van der Waals surface area contributed by atoms with Crippen LogP contribution in [-0.2, 0) is 6.54 Å². The van der Waals surface area contributed by atoms with Crippen molar-refractivity contribution in [3.63, 3.8) is 0 Å². The van der Waals surface area contributed by atoms with Crippen molar-refractivity contribution in [3.05, 3.63) is 48.0 Å². The Morgan fingerprint density at radius 3 is 2.67 bits per heavy atom. The number of aromatic nitrogens is 5. The van der Waals surface area contributed by atoms with Crippen LogP contribution in [0.15, 0.2) is 47.0 Å². The number of nitriles is 1. The zero-order valence-electron chi connectivity index (χ0n) is 12.8. The van der Waals surface area contributed by atoms with Gasteiger partial charge in [-0.3, -0.25) is 0 Å². The van der Waals surface area contributed by atoms with Crippen LogP contribution in [0.2, 0.25) is 0 Å². The Labute approximate surface area is 137 Å². The molecule has 2 aromatic heterocycles. The van der Waals surface area contributed by atoms with Gasteiger partial charge in [0.2, 0.25) is 5.82 Å². The Hall–Kier alpha value is -3.53. The first-order valence-corrected chi connectivity index (χ1v) is 7.46. The quantitative estimate of drug-likeness (QED) is 0.576. The number of aryl methyl sites for hydroxylation is 1. The first kappa shape index (κ1) is 14.1. The van der Waals surface area contributed by atoms with Crippen molar-refractivity contribution >= 4 is 11.0 Å². The summed E-state index contributed by atoms with van der Waals surface area (Å²) in [7, 11) is 0. The largest absolute Gasteiger partial charge is 0.334 e. The minimum absolute atomic E-state index is 0.414. The summed E-state index contributed by atoms with van der Waals surface area (Å²) in [5.41, 5.74) is 3.96. The molecule has 0 spiro atoms. The molecule has 2 heterocycles. The number of hydrogen-bond acceptors (Lipinski definition) is 6. The predicted octanol–water partition coefficient (Wildman–Crippen LogP) is 3.04. The molecular weight excluding hydrogens is 304 g/mol. The third-order valence-corrected chi connectivity index (χ3v) is 3.76. The summed E-state index contributed by atoms with van der Waals surface area (Å²) in [5, 5.41) is 21.1. The molecule has 2 aromatic carbocycles. The lowest BCUT2D eigenvalue weighted by atomic mass is 10.1. The van der Waals surface area contributed by atoms with Crippen molar-refractivity contribution < 1.29 is 4.52 Å². The maximum Gasteiger partial charge on any atom is 0.258 e. The Morgan fingerprint density at radius 1 is 1.12 bits per heavy atom. The SMILES string of the molecule is CCn1nnc2ccc(-c3noc(-c4ccc(C#N)cc4)n3)cc21. The molecule has 7 heteroatoms. The van der Waals surface area contributed by atoms with E-state index in [-0.39, 0.29) is 0 Å². The molecule has 116 valence electrons. The second-order valence-electron chi connectivity index (χ2n) is 5.22. The van der Waals surface area contributed by atoms with Gasteiger partial charge in [0.25, 0.3) is 5.89 Å². The lowest BCUT2D eigenvalue weighted by molar-refractivity contribution is 0.432. The third kappa shape index (κ3) is 2.30. The van der Waals surface area contributed by atoms with Crippen molar-refractivity contribution in [2.24, 2.45) is 0 Å². The van der Waals surface area contributed by atoms with Crippen LogP contribution in [0.1, 0.15) is 12.5 Å². The maximum absolute atomic E-state index is 8.85. The smallest absolute Gasteiger partial charge is 0.258 e. The van der Waals surface area contributed by atoms with E-state index in [1.165, 1.54) is 0 Å². The minimum Gasteiger partial charge on any atom is -0.334 e. The van der Waals surface area contributed by atoms with E-state index in [0.717, 1.165) is 28.7 Å². The standard InChI is InChI=1S/C17H12N6O/c1-2-23-15-9-13(7-8-14(15)20-22-23)16-19-17(24-21-16)12-5-3-11(10-18)4-6-12/h3-9H,2H2,1H3. The van der Waals surface area contributed by atoms with Crippen LogP contribution in [0.25, 0.3) is 33.9 Å². The van der Waals surface area contributed by atoms with Gasteiger partial charge in [-0.05, 0) is 49.4 Å². The summed E-state index contributed by atoms with van der Waals surface area (Å²) < 4.78 is 7.17. The molecule has 0 aliphatic heterocycles. The van der Waals surface area contributed by atoms with E-state index in [1.807, 2.05) is 29.8 Å². The first-order chi connectivity index (χ1) is 11.8. The van der Waals surface area contributed by atoms with Crippen LogP contribution in [0, 0.1) is 11.3 Å². The zero-order valence-corrected chi connectivity index (χ0v) is 12.8. The second-order valence-corrected chi connectivity index (χ2v) is 5.22. The summed E-state index contributed by atoms with van der Waals surface area (Å²) in [6, 6.07) is 14.8. The number of benzene rings is 2. The molecule has 0 aliphatic carbocycles. The lowest BCUT2D eigenvalue weighted by Gasteiger charge is -1.98. The van der Waals surface area contributed by atoms with Crippen molar-refractivity contribution in [1.29, 1.82) is 5.26 Å².